The molecule has 0 N–H and O–H groups in total. The molecule has 24 heavy (non-hydrogen) atoms. The van der Waals surface area contributed by atoms with Gasteiger partial charge >= 0.3 is 0 Å². The Morgan fingerprint density at radius 2 is 1.96 bits per heavy atom. The second kappa shape index (κ2) is 5.94. The van der Waals surface area contributed by atoms with Gasteiger partial charge in [0.25, 0.3) is 0 Å². The quantitative estimate of drug-likeness (QED) is 0.836. The first kappa shape index (κ1) is 17.1. The number of ketones is 1. The number of hydrogen-bond acceptors (Lipinski definition) is 3. The summed E-state index contributed by atoms with van der Waals surface area (Å²) in [7, 11) is 1.62. The van der Waals surface area contributed by atoms with Gasteiger partial charge < -0.3 is 9.84 Å². The van der Waals surface area contributed by atoms with Crippen molar-refractivity contribution >= 4 is 5.78 Å². The van der Waals surface area contributed by atoms with Crippen LogP contribution in [0, 0.1) is 10.8 Å². The number of rotatable bonds is 3. The fraction of sp³-hybridized carbons (Fsp3) is 0.571. The molecule has 0 radical (unpaired) electrons. The molecule has 2 aliphatic rings. The van der Waals surface area contributed by atoms with Crippen LogP contribution in [0.25, 0.3) is 0 Å². The van der Waals surface area contributed by atoms with E-state index < -0.39 is 0 Å². The van der Waals surface area contributed by atoms with Crippen LogP contribution in [0.1, 0.15) is 58.4 Å². The van der Waals surface area contributed by atoms with E-state index in [0.717, 1.165) is 36.8 Å². The summed E-state index contributed by atoms with van der Waals surface area (Å²) in [5.74, 6) is 1.04. The molecule has 0 aromatic heterocycles. The van der Waals surface area contributed by atoms with Crippen molar-refractivity contribution in [1.29, 1.82) is 0 Å². The Bertz CT molecular complexity index is 703. The molecular formula is C21H27O3-. The molecule has 2 atom stereocenters. The van der Waals surface area contributed by atoms with Crippen molar-refractivity contribution in [2.75, 3.05) is 7.11 Å². The first-order valence-corrected chi connectivity index (χ1v) is 8.89. The second-order valence-corrected chi connectivity index (χ2v) is 7.89. The molecule has 1 fully saturated rings. The fourth-order valence-electron chi connectivity index (χ4n) is 4.93. The van der Waals surface area contributed by atoms with Gasteiger partial charge in [-0.25, -0.2) is 0 Å². The second-order valence-electron chi connectivity index (χ2n) is 7.89. The van der Waals surface area contributed by atoms with Crippen molar-refractivity contribution in [3.63, 3.8) is 0 Å². The summed E-state index contributed by atoms with van der Waals surface area (Å²) in [5, 5.41) is 12.4. The van der Waals surface area contributed by atoms with Crippen LogP contribution < -0.4 is 9.84 Å². The molecule has 0 bridgehead atoms. The van der Waals surface area contributed by atoms with Crippen molar-refractivity contribution in [3.8, 4) is 11.5 Å². The SMILES string of the molecule is COc1cccc([O-])c1C[C@]1(C)CCCC2=C(C)C(=O)CC[C@@]21C. The zero-order valence-electron chi connectivity index (χ0n) is 15.2. The van der Waals surface area contributed by atoms with E-state index in [9.17, 15) is 9.90 Å². The molecule has 3 nitrogen and oxygen atoms in total. The predicted molar refractivity (Wildman–Crippen MR) is 93.2 cm³/mol. The van der Waals surface area contributed by atoms with E-state index in [2.05, 4.69) is 13.8 Å². The standard InChI is InChI=1S/C21H28O3/c1-14-16-7-6-11-20(2,21(16,3)12-10-17(14)22)13-15-18(23)8-5-9-19(15)24-4/h5,8-9,23H,6-7,10-13H2,1-4H3/p-1/t20-,21-/m0/s1. The third-order valence-corrected chi connectivity index (χ3v) is 6.75. The first-order chi connectivity index (χ1) is 11.3. The Labute approximate surface area is 144 Å². The van der Waals surface area contributed by atoms with Gasteiger partial charge in [0.1, 0.15) is 5.75 Å². The maximum absolute atomic E-state index is 12.4. The first-order valence-electron chi connectivity index (χ1n) is 8.89. The molecule has 1 aromatic rings. The summed E-state index contributed by atoms with van der Waals surface area (Å²) < 4.78 is 5.45. The van der Waals surface area contributed by atoms with Gasteiger partial charge in [0.05, 0.1) is 7.11 Å². The average molecular weight is 327 g/mol. The van der Waals surface area contributed by atoms with Crippen LogP contribution in [0.5, 0.6) is 11.5 Å². The molecule has 130 valence electrons. The smallest absolute Gasteiger partial charge is 0.158 e. The topological polar surface area (TPSA) is 49.4 Å². The van der Waals surface area contributed by atoms with E-state index in [0.29, 0.717) is 24.4 Å². The number of allylic oxidation sites excluding steroid dienone is 2. The lowest BCUT2D eigenvalue weighted by Gasteiger charge is -2.54. The molecule has 0 aliphatic heterocycles. The molecule has 0 amide bonds. The molecule has 0 unspecified atom stereocenters. The van der Waals surface area contributed by atoms with Gasteiger partial charge in [-0.2, -0.15) is 0 Å². The van der Waals surface area contributed by atoms with E-state index in [4.69, 9.17) is 4.74 Å². The number of fused-ring (bicyclic) bond motifs is 1. The zero-order valence-corrected chi connectivity index (χ0v) is 15.2. The Hall–Kier alpha value is -1.77. The third kappa shape index (κ3) is 2.45. The highest BCUT2D eigenvalue weighted by atomic mass is 16.5. The van der Waals surface area contributed by atoms with Crippen molar-refractivity contribution < 1.29 is 14.6 Å². The third-order valence-electron chi connectivity index (χ3n) is 6.75. The molecule has 2 aliphatic carbocycles. The van der Waals surface area contributed by atoms with Crippen molar-refractivity contribution in [2.45, 2.75) is 59.3 Å². The molecule has 1 aromatic carbocycles. The summed E-state index contributed by atoms with van der Waals surface area (Å²) in [6.45, 7) is 6.58. The van der Waals surface area contributed by atoms with Crippen molar-refractivity contribution in [3.05, 3.63) is 34.9 Å². The summed E-state index contributed by atoms with van der Waals surface area (Å²) in [5.41, 5.74) is 3.03. The van der Waals surface area contributed by atoms with E-state index in [-0.39, 0.29) is 16.6 Å². The van der Waals surface area contributed by atoms with Crippen LogP contribution in [0.3, 0.4) is 0 Å². The lowest BCUT2D eigenvalue weighted by Crippen LogP contribution is -2.46. The minimum Gasteiger partial charge on any atom is -0.872 e. The largest absolute Gasteiger partial charge is 0.872 e. The number of ether oxygens (including phenoxy) is 1. The lowest BCUT2D eigenvalue weighted by molar-refractivity contribution is -0.269. The highest BCUT2D eigenvalue weighted by Gasteiger charge is 2.51. The van der Waals surface area contributed by atoms with Crippen LogP contribution in [-0.2, 0) is 11.2 Å². The van der Waals surface area contributed by atoms with Crippen LogP contribution in [-0.4, -0.2) is 12.9 Å². The minimum absolute atomic E-state index is 0.0173. The Morgan fingerprint density at radius 1 is 1.21 bits per heavy atom. The van der Waals surface area contributed by atoms with Gasteiger partial charge in [0.15, 0.2) is 5.78 Å². The van der Waals surface area contributed by atoms with E-state index >= 15 is 0 Å². The number of benzene rings is 1. The number of Topliss-reactive ketones (excluding diaryl/α,β-unsaturated/α-hetero) is 1. The van der Waals surface area contributed by atoms with Crippen LogP contribution in [0.2, 0.25) is 0 Å². The van der Waals surface area contributed by atoms with E-state index in [1.165, 1.54) is 5.57 Å². The highest BCUT2D eigenvalue weighted by molar-refractivity contribution is 5.96. The van der Waals surface area contributed by atoms with Gasteiger partial charge in [-0.1, -0.05) is 31.6 Å². The van der Waals surface area contributed by atoms with Gasteiger partial charge in [-0.05, 0) is 67.1 Å². The summed E-state index contributed by atoms with van der Waals surface area (Å²) in [4.78, 5) is 12.2. The normalized spacial score (nSPS) is 30.2. The minimum atomic E-state index is -0.0314. The summed E-state index contributed by atoms with van der Waals surface area (Å²) in [6.07, 6.45) is 5.38. The van der Waals surface area contributed by atoms with Gasteiger partial charge in [-0.15, -0.1) is 5.75 Å². The van der Waals surface area contributed by atoms with Crippen LogP contribution in [0.4, 0.5) is 0 Å². The molecule has 1 saturated carbocycles. The van der Waals surface area contributed by atoms with Gasteiger partial charge in [0.2, 0.25) is 0 Å². The molecule has 3 rings (SSSR count). The number of carbonyl (C=O) groups is 1. The molecule has 3 heteroatoms. The molecular weight excluding hydrogens is 300 g/mol. The number of carbonyl (C=O) groups excluding carboxylic acids is 1. The zero-order chi connectivity index (χ0) is 17.5. The average Bonchev–Trinajstić information content (AvgIpc) is 2.55. The van der Waals surface area contributed by atoms with Gasteiger partial charge in [0, 0.05) is 6.42 Å². The van der Waals surface area contributed by atoms with Crippen molar-refractivity contribution in [2.24, 2.45) is 10.8 Å². The number of methoxy groups -OCH3 is 1. The summed E-state index contributed by atoms with van der Waals surface area (Å²) in [6, 6.07) is 5.25. The summed E-state index contributed by atoms with van der Waals surface area (Å²) >= 11 is 0. The monoisotopic (exact) mass is 327 g/mol. The highest BCUT2D eigenvalue weighted by Crippen LogP contribution is 2.60. The lowest BCUT2D eigenvalue weighted by atomic mass is 9.50. The van der Waals surface area contributed by atoms with Crippen LogP contribution >= 0.6 is 0 Å². The maximum Gasteiger partial charge on any atom is 0.158 e. The van der Waals surface area contributed by atoms with Gasteiger partial charge in [-0.3, -0.25) is 4.79 Å². The Morgan fingerprint density at radius 3 is 2.67 bits per heavy atom. The fourth-order valence-corrected chi connectivity index (χ4v) is 4.93. The van der Waals surface area contributed by atoms with Crippen molar-refractivity contribution in [1.82, 2.24) is 0 Å². The number of hydrogen-bond donors (Lipinski definition) is 0. The molecule has 0 spiro atoms. The van der Waals surface area contributed by atoms with E-state index in [1.54, 1.807) is 19.2 Å². The Kier molecular flexibility index (Phi) is 4.23. The van der Waals surface area contributed by atoms with E-state index in [1.807, 2.05) is 13.0 Å². The maximum atomic E-state index is 12.4. The van der Waals surface area contributed by atoms with Crippen LogP contribution in [0.15, 0.2) is 29.3 Å². The molecule has 0 heterocycles. The predicted octanol–water partition coefficient (Wildman–Crippen LogP) is 4.19. The molecule has 0 saturated heterocycles. The Balaban J connectivity index is 2.06.